The number of aromatic nitrogens is 3. The molecular formula is C27H30FN5O4. The Hall–Kier alpha value is -3.08. The SMILES string of the molecule is CN1CCOc2ccc(CNC34CCC(C[C@]5(O)Cn6c(=O)ccc7ncc(F)c5c76)(CC3)OC4)nc21. The third kappa shape index (κ3) is 3.57. The summed E-state index contributed by atoms with van der Waals surface area (Å²) in [6.45, 7) is 2.63. The van der Waals surface area contributed by atoms with Gasteiger partial charge in [-0.05, 0) is 43.9 Å². The summed E-state index contributed by atoms with van der Waals surface area (Å²) < 4.78 is 28.6. The van der Waals surface area contributed by atoms with Crippen molar-refractivity contribution in [1.82, 2.24) is 19.9 Å². The van der Waals surface area contributed by atoms with E-state index < -0.39 is 17.0 Å². The zero-order valence-corrected chi connectivity index (χ0v) is 20.8. The Morgan fingerprint density at radius 1 is 1.19 bits per heavy atom. The lowest BCUT2D eigenvalue weighted by molar-refractivity contribution is -0.192. The van der Waals surface area contributed by atoms with Crippen molar-refractivity contribution in [2.24, 2.45) is 0 Å². The number of nitrogens with one attached hydrogen (secondary N) is 1. The molecule has 37 heavy (non-hydrogen) atoms. The first kappa shape index (κ1) is 23.1. The lowest BCUT2D eigenvalue weighted by Gasteiger charge is -2.55. The Kier molecular flexibility index (Phi) is 4.96. The van der Waals surface area contributed by atoms with Crippen LogP contribution in [-0.4, -0.2) is 57.6 Å². The van der Waals surface area contributed by atoms with E-state index in [-0.39, 0.29) is 29.6 Å². The van der Waals surface area contributed by atoms with E-state index in [2.05, 4.69) is 15.2 Å². The highest BCUT2D eigenvalue weighted by atomic mass is 19.1. The Balaban J connectivity index is 1.07. The Labute approximate surface area is 213 Å². The van der Waals surface area contributed by atoms with Crippen molar-refractivity contribution < 1.29 is 19.0 Å². The van der Waals surface area contributed by atoms with Gasteiger partial charge in [0.05, 0.1) is 48.2 Å². The van der Waals surface area contributed by atoms with Crippen LogP contribution >= 0.6 is 0 Å². The van der Waals surface area contributed by atoms with E-state index >= 15 is 4.39 Å². The third-order valence-corrected chi connectivity index (χ3v) is 8.81. The summed E-state index contributed by atoms with van der Waals surface area (Å²) in [7, 11) is 2.02. The van der Waals surface area contributed by atoms with Gasteiger partial charge in [0.1, 0.15) is 18.0 Å². The maximum atomic E-state index is 15.0. The average molecular weight is 508 g/mol. The van der Waals surface area contributed by atoms with Crippen molar-refractivity contribution in [2.75, 3.05) is 31.7 Å². The summed E-state index contributed by atoms with van der Waals surface area (Å²) in [5, 5.41) is 15.5. The topological polar surface area (TPSA) is 102 Å². The molecular weight excluding hydrogens is 477 g/mol. The molecule has 3 aromatic rings. The highest BCUT2D eigenvalue weighted by Crippen LogP contribution is 2.51. The largest absolute Gasteiger partial charge is 0.488 e. The van der Waals surface area contributed by atoms with Gasteiger partial charge < -0.3 is 29.4 Å². The molecule has 3 fully saturated rings. The molecule has 2 bridgehead atoms. The molecule has 1 atom stereocenters. The van der Waals surface area contributed by atoms with Crippen molar-refractivity contribution in [1.29, 1.82) is 0 Å². The number of hydrogen-bond acceptors (Lipinski definition) is 8. The molecule has 0 amide bonds. The number of hydrogen-bond donors (Lipinski definition) is 2. The summed E-state index contributed by atoms with van der Waals surface area (Å²) in [4.78, 5) is 23.6. The second-order valence-electron chi connectivity index (χ2n) is 11.2. The van der Waals surface area contributed by atoms with Gasteiger partial charge in [0, 0.05) is 37.2 Å². The van der Waals surface area contributed by atoms with Crippen LogP contribution < -0.4 is 20.5 Å². The smallest absolute Gasteiger partial charge is 0.251 e. The van der Waals surface area contributed by atoms with E-state index in [0.717, 1.165) is 55.7 Å². The molecule has 1 saturated carbocycles. The highest BCUT2D eigenvalue weighted by molar-refractivity contribution is 5.81. The number of ether oxygens (including phenoxy) is 2. The van der Waals surface area contributed by atoms with Gasteiger partial charge in [-0.2, -0.15) is 0 Å². The van der Waals surface area contributed by atoms with Crippen LogP contribution in [0.5, 0.6) is 5.75 Å². The molecule has 0 unspecified atom stereocenters. The zero-order chi connectivity index (χ0) is 25.4. The van der Waals surface area contributed by atoms with Crippen molar-refractivity contribution in [2.45, 2.75) is 61.9 Å². The molecule has 3 aromatic heterocycles. The molecule has 2 saturated heterocycles. The van der Waals surface area contributed by atoms with E-state index in [1.54, 1.807) is 6.07 Å². The van der Waals surface area contributed by atoms with Gasteiger partial charge in [0.2, 0.25) is 0 Å². The minimum Gasteiger partial charge on any atom is -0.488 e. The number of rotatable bonds is 5. The van der Waals surface area contributed by atoms with Crippen molar-refractivity contribution >= 4 is 16.9 Å². The number of nitrogens with zero attached hydrogens (tertiary/aromatic N) is 4. The second-order valence-corrected chi connectivity index (χ2v) is 11.2. The summed E-state index contributed by atoms with van der Waals surface area (Å²) in [5.41, 5.74) is -0.484. The number of halogens is 1. The summed E-state index contributed by atoms with van der Waals surface area (Å²) >= 11 is 0. The van der Waals surface area contributed by atoms with Gasteiger partial charge in [0.15, 0.2) is 11.6 Å². The molecule has 0 aromatic carbocycles. The Morgan fingerprint density at radius 3 is 2.81 bits per heavy atom. The predicted molar refractivity (Wildman–Crippen MR) is 134 cm³/mol. The fraction of sp³-hybridized carbons (Fsp3) is 0.519. The molecule has 0 spiro atoms. The van der Waals surface area contributed by atoms with Crippen LogP contribution in [0.15, 0.2) is 35.3 Å². The highest BCUT2D eigenvalue weighted by Gasteiger charge is 2.55. The number of anilines is 1. The number of fused-ring (bicyclic) bond motifs is 4. The van der Waals surface area contributed by atoms with E-state index in [0.29, 0.717) is 30.8 Å². The summed E-state index contributed by atoms with van der Waals surface area (Å²) in [6, 6.07) is 6.98. The predicted octanol–water partition coefficient (Wildman–Crippen LogP) is 2.22. The average Bonchev–Trinajstić information content (AvgIpc) is 3.22. The molecule has 9 nitrogen and oxygen atoms in total. The molecule has 7 heterocycles. The van der Waals surface area contributed by atoms with Crippen LogP contribution in [0.25, 0.3) is 11.0 Å². The number of likely N-dealkylation sites (N-methyl/N-ethyl adjacent to an activating group) is 1. The van der Waals surface area contributed by atoms with Crippen LogP contribution in [0.3, 0.4) is 0 Å². The minimum absolute atomic E-state index is 0.0117. The second kappa shape index (κ2) is 7.96. The molecule has 5 aliphatic rings. The van der Waals surface area contributed by atoms with Gasteiger partial charge in [-0.15, -0.1) is 0 Å². The first-order valence-corrected chi connectivity index (χ1v) is 12.9. The van der Waals surface area contributed by atoms with E-state index in [1.165, 1.54) is 10.6 Å². The normalized spacial score (nSPS) is 30.0. The molecule has 10 heteroatoms. The maximum Gasteiger partial charge on any atom is 0.251 e. The summed E-state index contributed by atoms with van der Waals surface area (Å²) in [6.07, 6.45) is 4.65. The van der Waals surface area contributed by atoms with Crippen LogP contribution in [0.4, 0.5) is 10.2 Å². The lowest BCUT2D eigenvalue weighted by atomic mass is 9.67. The van der Waals surface area contributed by atoms with E-state index in [1.807, 2.05) is 19.2 Å². The molecule has 0 radical (unpaired) electrons. The Bertz CT molecular complexity index is 1450. The monoisotopic (exact) mass is 507 g/mol. The Morgan fingerprint density at radius 2 is 2.03 bits per heavy atom. The first-order valence-electron chi connectivity index (χ1n) is 12.9. The third-order valence-electron chi connectivity index (χ3n) is 8.81. The van der Waals surface area contributed by atoms with Crippen molar-refractivity contribution in [3.8, 4) is 5.75 Å². The fourth-order valence-electron chi connectivity index (χ4n) is 6.71. The van der Waals surface area contributed by atoms with Crippen molar-refractivity contribution in [3.05, 3.63) is 57.9 Å². The number of pyridine rings is 3. The molecule has 1 aliphatic carbocycles. The molecule has 2 N–H and O–H groups in total. The number of aliphatic hydroxyl groups is 1. The zero-order valence-electron chi connectivity index (χ0n) is 20.8. The van der Waals surface area contributed by atoms with Crippen LogP contribution in [0.1, 0.15) is 43.4 Å². The summed E-state index contributed by atoms with van der Waals surface area (Å²) in [5.74, 6) is 1.10. The van der Waals surface area contributed by atoms with Gasteiger partial charge >= 0.3 is 0 Å². The first-order chi connectivity index (χ1) is 17.8. The van der Waals surface area contributed by atoms with Crippen LogP contribution in [0, 0.1) is 5.82 Å². The van der Waals surface area contributed by atoms with E-state index in [4.69, 9.17) is 14.5 Å². The lowest BCUT2D eigenvalue weighted by Crippen LogP contribution is -2.62. The van der Waals surface area contributed by atoms with Gasteiger partial charge in [0.25, 0.3) is 5.56 Å². The van der Waals surface area contributed by atoms with Gasteiger partial charge in [-0.3, -0.25) is 9.78 Å². The van der Waals surface area contributed by atoms with Crippen LogP contribution in [0.2, 0.25) is 0 Å². The standard InChI is InChI=1S/C27H30FN5O4/c1-32-10-11-36-20-4-2-17(31-24(20)32)12-30-25-6-8-26(9-7-25,37-16-25)14-27(35)15-33-21(34)5-3-19-23(33)22(27)18(28)13-29-19/h2-5,13,30,35H,6-12,14-16H2,1H3/t25?,26?,27-/m0/s1. The molecule has 8 rings (SSSR count). The minimum atomic E-state index is -1.52. The van der Waals surface area contributed by atoms with Gasteiger partial charge in [-0.1, -0.05) is 0 Å². The molecule has 194 valence electrons. The van der Waals surface area contributed by atoms with Crippen LogP contribution in [-0.2, 0) is 23.4 Å². The van der Waals surface area contributed by atoms with E-state index in [9.17, 15) is 9.90 Å². The fourth-order valence-corrected chi connectivity index (χ4v) is 6.71. The van der Waals surface area contributed by atoms with Crippen molar-refractivity contribution in [3.63, 3.8) is 0 Å². The van der Waals surface area contributed by atoms with Gasteiger partial charge in [-0.25, -0.2) is 9.37 Å². The quantitative estimate of drug-likeness (QED) is 0.542. The molecule has 4 aliphatic heterocycles. The maximum absolute atomic E-state index is 15.0.